The second-order valence-corrected chi connectivity index (χ2v) is 8.24. The molecule has 0 aliphatic carbocycles. The molecule has 0 bridgehead atoms. The first kappa shape index (κ1) is 22.3. The lowest BCUT2D eigenvalue weighted by Gasteiger charge is -2.15. The van der Waals surface area contributed by atoms with E-state index in [4.69, 9.17) is 0 Å². The van der Waals surface area contributed by atoms with Crippen molar-refractivity contribution in [2.24, 2.45) is 0 Å². The van der Waals surface area contributed by atoms with Crippen molar-refractivity contribution in [1.82, 2.24) is 18.7 Å². The van der Waals surface area contributed by atoms with Crippen molar-refractivity contribution >= 4 is 22.8 Å². The number of nitrogens with zero attached hydrogens (tertiary/aromatic N) is 4. The number of aryl methyl sites for hydroxylation is 1. The van der Waals surface area contributed by atoms with E-state index < -0.39 is 17.2 Å². The summed E-state index contributed by atoms with van der Waals surface area (Å²) in [5.74, 6) is -0.224. The second-order valence-electron chi connectivity index (χ2n) is 8.24. The third-order valence-corrected chi connectivity index (χ3v) is 5.67. The molecule has 0 atom stereocenters. The Kier molecular flexibility index (Phi) is 6.26. The lowest BCUT2D eigenvalue weighted by atomic mass is 10.0. The number of imidazole rings is 1. The highest BCUT2D eigenvalue weighted by molar-refractivity contribution is 5.91. The Labute approximate surface area is 191 Å². The van der Waals surface area contributed by atoms with Gasteiger partial charge in [-0.1, -0.05) is 62.4 Å². The van der Waals surface area contributed by atoms with E-state index in [1.165, 1.54) is 4.57 Å². The Hall–Kier alpha value is -3.94. The number of hydrogen-bond donors (Lipinski definition) is 1. The van der Waals surface area contributed by atoms with Gasteiger partial charge in [-0.3, -0.25) is 14.2 Å². The molecule has 0 aliphatic heterocycles. The van der Waals surface area contributed by atoms with Gasteiger partial charge in [0.05, 0.1) is 12.9 Å². The molecular formula is C25H27N5O3. The molecule has 1 N–H and O–H groups in total. The molecule has 2 aromatic heterocycles. The van der Waals surface area contributed by atoms with Gasteiger partial charge in [0, 0.05) is 12.2 Å². The summed E-state index contributed by atoms with van der Waals surface area (Å²) >= 11 is 0. The SMILES string of the molecule is CCn1cnc2c1c(=O)n(CC(=O)Nc1ccccc1C(C)C)c(=O)n2Cc1ccccc1. The maximum atomic E-state index is 13.4. The summed E-state index contributed by atoms with van der Waals surface area (Å²) < 4.78 is 4.14. The highest BCUT2D eigenvalue weighted by atomic mass is 16.2. The molecule has 0 aliphatic rings. The van der Waals surface area contributed by atoms with E-state index in [1.807, 2.05) is 75.4 Å². The van der Waals surface area contributed by atoms with E-state index >= 15 is 0 Å². The van der Waals surface area contributed by atoms with Crippen molar-refractivity contribution in [1.29, 1.82) is 0 Å². The summed E-state index contributed by atoms with van der Waals surface area (Å²) in [6.45, 7) is 6.35. The largest absolute Gasteiger partial charge is 0.333 e. The summed E-state index contributed by atoms with van der Waals surface area (Å²) in [7, 11) is 0. The van der Waals surface area contributed by atoms with Gasteiger partial charge in [0.25, 0.3) is 5.56 Å². The molecule has 0 saturated carbocycles. The van der Waals surface area contributed by atoms with Crippen LogP contribution >= 0.6 is 0 Å². The first-order valence-electron chi connectivity index (χ1n) is 11.0. The number of hydrogen-bond acceptors (Lipinski definition) is 4. The topological polar surface area (TPSA) is 90.9 Å². The number of aromatic nitrogens is 4. The molecule has 0 unspecified atom stereocenters. The van der Waals surface area contributed by atoms with Gasteiger partial charge < -0.3 is 9.88 Å². The summed E-state index contributed by atoms with van der Waals surface area (Å²) in [5, 5.41) is 2.87. The van der Waals surface area contributed by atoms with Crippen molar-refractivity contribution in [2.45, 2.75) is 46.3 Å². The van der Waals surface area contributed by atoms with Crippen LogP contribution in [0.4, 0.5) is 5.69 Å². The number of nitrogens with one attached hydrogen (secondary N) is 1. The predicted octanol–water partition coefficient (Wildman–Crippen LogP) is 3.19. The zero-order valence-electron chi connectivity index (χ0n) is 19.0. The lowest BCUT2D eigenvalue weighted by Crippen LogP contribution is -2.43. The van der Waals surface area contributed by atoms with E-state index in [-0.39, 0.29) is 19.0 Å². The van der Waals surface area contributed by atoms with E-state index in [1.54, 1.807) is 10.9 Å². The lowest BCUT2D eigenvalue weighted by molar-refractivity contribution is -0.116. The van der Waals surface area contributed by atoms with E-state index in [0.29, 0.717) is 23.4 Å². The zero-order chi connectivity index (χ0) is 23.5. The monoisotopic (exact) mass is 445 g/mol. The Morgan fingerprint density at radius 3 is 2.39 bits per heavy atom. The molecule has 0 spiro atoms. The van der Waals surface area contributed by atoms with Crippen LogP contribution in [0.2, 0.25) is 0 Å². The fourth-order valence-electron chi connectivity index (χ4n) is 3.97. The van der Waals surface area contributed by atoms with Crippen LogP contribution in [0.3, 0.4) is 0 Å². The van der Waals surface area contributed by atoms with Crippen molar-refractivity contribution in [3.05, 3.63) is 92.9 Å². The van der Waals surface area contributed by atoms with E-state index in [9.17, 15) is 14.4 Å². The Bertz CT molecular complexity index is 1410. The smallest absolute Gasteiger partial charge is 0.325 e. The quantitative estimate of drug-likeness (QED) is 0.473. The number of carbonyl (C=O) groups is 1. The van der Waals surface area contributed by atoms with E-state index in [0.717, 1.165) is 15.7 Å². The Balaban J connectivity index is 1.77. The van der Waals surface area contributed by atoms with Gasteiger partial charge in [0.2, 0.25) is 5.91 Å². The number of anilines is 1. The second kappa shape index (κ2) is 9.28. The Morgan fingerprint density at radius 1 is 1.00 bits per heavy atom. The molecule has 8 heteroatoms. The average Bonchev–Trinajstić information content (AvgIpc) is 3.24. The van der Waals surface area contributed by atoms with Crippen molar-refractivity contribution < 1.29 is 4.79 Å². The number of benzene rings is 2. The highest BCUT2D eigenvalue weighted by Crippen LogP contribution is 2.23. The van der Waals surface area contributed by atoms with Crippen LogP contribution in [0.25, 0.3) is 11.2 Å². The first-order chi connectivity index (χ1) is 15.9. The number of fused-ring (bicyclic) bond motifs is 1. The molecule has 8 nitrogen and oxygen atoms in total. The standard InChI is InChI=1S/C25H27N5O3/c1-4-28-16-26-23-22(28)24(32)30(25(33)29(23)14-18-10-6-5-7-11-18)15-21(31)27-20-13-9-8-12-19(20)17(2)3/h5-13,16-17H,4,14-15H2,1-3H3,(H,27,31). The fraction of sp³-hybridized carbons (Fsp3) is 0.280. The normalized spacial score (nSPS) is 11.3. The van der Waals surface area contributed by atoms with Crippen LogP contribution in [0.1, 0.15) is 37.8 Å². The number of carbonyl (C=O) groups excluding carboxylic acids is 1. The van der Waals surface area contributed by atoms with Crippen LogP contribution in [-0.2, 0) is 24.4 Å². The van der Waals surface area contributed by atoms with Crippen LogP contribution in [-0.4, -0.2) is 24.6 Å². The zero-order valence-corrected chi connectivity index (χ0v) is 19.0. The van der Waals surface area contributed by atoms with Gasteiger partial charge in [0.15, 0.2) is 11.2 Å². The van der Waals surface area contributed by atoms with Crippen molar-refractivity contribution in [2.75, 3.05) is 5.32 Å². The molecule has 0 fully saturated rings. The number of para-hydroxylation sites is 1. The third-order valence-electron chi connectivity index (χ3n) is 5.67. The summed E-state index contributed by atoms with van der Waals surface area (Å²) in [5.41, 5.74) is 2.10. The van der Waals surface area contributed by atoms with Gasteiger partial charge in [-0.15, -0.1) is 0 Å². The molecule has 1 amide bonds. The highest BCUT2D eigenvalue weighted by Gasteiger charge is 2.20. The fourth-order valence-corrected chi connectivity index (χ4v) is 3.97. The van der Waals surface area contributed by atoms with Gasteiger partial charge in [-0.2, -0.15) is 0 Å². The van der Waals surface area contributed by atoms with Crippen molar-refractivity contribution in [3.63, 3.8) is 0 Å². The predicted molar refractivity (Wildman–Crippen MR) is 129 cm³/mol. The van der Waals surface area contributed by atoms with Gasteiger partial charge in [0.1, 0.15) is 6.54 Å². The summed E-state index contributed by atoms with van der Waals surface area (Å²) in [6, 6.07) is 17.0. The summed E-state index contributed by atoms with van der Waals surface area (Å²) in [6.07, 6.45) is 1.55. The molecule has 170 valence electrons. The minimum absolute atomic E-state index is 0.211. The summed E-state index contributed by atoms with van der Waals surface area (Å²) in [4.78, 5) is 43.9. The molecule has 0 saturated heterocycles. The maximum Gasteiger partial charge on any atom is 0.333 e. The van der Waals surface area contributed by atoms with E-state index in [2.05, 4.69) is 10.3 Å². The molecule has 33 heavy (non-hydrogen) atoms. The minimum Gasteiger partial charge on any atom is -0.325 e. The molecule has 2 aromatic carbocycles. The molecule has 0 radical (unpaired) electrons. The average molecular weight is 446 g/mol. The third kappa shape index (κ3) is 4.37. The van der Waals surface area contributed by atoms with Crippen LogP contribution in [0.15, 0.2) is 70.5 Å². The molecule has 4 aromatic rings. The van der Waals surface area contributed by atoms with Gasteiger partial charge >= 0.3 is 5.69 Å². The molecular weight excluding hydrogens is 418 g/mol. The van der Waals surface area contributed by atoms with Crippen molar-refractivity contribution in [3.8, 4) is 0 Å². The molecule has 2 heterocycles. The maximum absolute atomic E-state index is 13.4. The van der Waals surface area contributed by atoms with Gasteiger partial charge in [-0.05, 0) is 30.0 Å². The number of rotatable bonds is 7. The van der Waals surface area contributed by atoms with Crippen LogP contribution in [0.5, 0.6) is 0 Å². The molecule has 4 rings (SSSR count). The Morgan fingerprint density at radius 2 is 1.70 bits per heavy atom. The number of amides is 1. The van der Waals surface area contributed by atoms with Crippen LogP contribution in [0, 0.1) is 0 Å². The van der Waals surface area contributed by atoms with Crippen LogP contribution < -0.4 is 16.6 Å². The van der Waals surface area contributed by atoms with Gasteiger partial charge in [-0.25, -0.2) is 14.3 Å². The first-order valence-corrected chi connectivity index (χ1v) is 11.0. The minimum atomic E-state index is -0.565.